The molecule has 2 N–H and O–H groups in total. The van der Waals surface area contributed by atoms with E-state index in [1.165, 1.54) is 11.3 Å². The number of carbonyl (C=O) groups is 4. The summed E-state index contributed by atoms with van der Waals surface area (Å²) >= 11 is 0. The third-order valence-corrected chi connectivity index (χ3v) is 6.74. The Morgan fingerprint density at radius 3 is 2.00 bits per heavy atom. The average molecular weight is 550 g/mol. The van der Waals surface area contributed by atoms with Gasteiger partial charge in [-0.1, -0.05) is 65.0 Å². The Labute approximate surface area is 237 Å². The molecule has 0 aromatic carbocycles. The number of allylic oxidation sites excluding steroid dienone is 2. The summed E-state index contributed by atoms with van der Waals surface area (Å²) in [5.41, 5.74) is 0. The zero-order chi connectivity index (χ0) is 29.8. The summed E-state index contributed by atoms with van der Waals surface area (Å²) in [5, 5.41) is 5.77. The molecule has 2 unspecified atom stereocenters. The van der Waals surface area contributed by atoms with Gasteiger partial charge in [-0.3, -0.25) is 14.4 Å². The molecule has 0 aliphatic rings. The molecule has 0 saturated carbocycles. The predicted octanol–water partition coefficient (Wildman–Crippen LogP) is 5.18. The van der Waals surface area contributed by atoms with Gasteiger partial charge in [0.05, 0.1) is 6.61 Å². The molecule has 4 atom stereocenters. The zero-order valence-electron chi connectivity index (χ0n) is 25.4. The summed E-state index contributed by atoms with van der Waals surface area (Å²) < 4.78 is 5.22. The molecule has 0 heterocycles. The molecule has 224 valence electrons. The minimum Gasteiger partial charge on any atom is -0.464 e. The Bertz CT molecular complexity index is 765. The second kappa shape index (κ2) is 21.2. The van der Waals surface area contributed by atoms with Gasteiger partial charge in [-0.05, 0) is 51.4 Å². The highest BCUT2D eigenvalue weighted by Crippen LogP contribution is 2.20. The average Bonchev–Trinajstić information content (AvgIpc) is 2.88. The van der Waals surface area contributed by atoms with E-state index in [-0.39, 0.29) is 36.7 Å². The van der Waals surface area contributed by atoms with Crippen LogP contribution >= 0.6 is 0 Å². The van der Waals surface area contributed by atoms with Crippen LogP contribution in [0.15, 0.2) is 25.3 Å². The van der Waals surface area contributed by atoms with E-state index in [4.69, 9.17) is 4.74 Å². The van der Waals surface area contributed by atoms with Crippen molar-refractivity contribution in [3.05, 3.63) is 25.3 Å². The molecule has 8 heteroatoms. The summed E-state index contributed by atoms with van der Waals surface area (Å²) in [7, 11) is 3.30. The Morgan fingerprint density at radius 2 is 1.46 bits per heavy atom. The van der Waals surface area contributed by atoms with E-state index in [1.54, 1.807) is 27.1 Å². The van der Waals surface area contributed by atoms with E-state index >= 15 is 0 Å². The first kappa shape index (κ1) is 36.4. The number of ether oxygens (including phenoxy) is 1. The van der Waals surface area contributed by atoms with Gasteiger partial charge in [0.1, 0.15) is 12.1 Å². The number of esters is 1. The van der Waals surface area contributed by atoms with Crippen LogP contribution in [0.25, 0.3) is 0 Å². The monoisotopic (exact) mass is 549 g/mol. The number of hydrogen-bond acceptors (Lipinski definition) is 5. The maximum Gasteiger partial charge on any atom is 0.328 e. The van der Waals surface area contributed by atoms with Gasteiger partial charge in [0.15, 0.2) is 0 Å². The lowest BCUT2D eigenvalue weighted by Crippen LogP contribution is -2.54. The van der Waals surface area contributed by atoms with Gasteiger partial charge < -0.3 is 20.3 Å². The molecule has 39 heavy (non-hydrogen) atoms. The van der Waals surface area contributed by atoms with E-state index in [2.05, 4.69) is 30.7 Å². The lowest BCUT2D eigenvalue weighted by Gasteiger charge is -2.27. The van der Waals surface area contributed by atoms with Crippen molar-refractivity contribution in [2.45, 2.75) is 110 Å². The number of carbonyl (C=O) groups excluding carboxylic acids is 4. The number of unbranched alkanes of at least 4 members (excludes halogenated alkanes) is 4. The van der Waals surface area contributed by atoms with Crippen molar-refractivity contribution in [3.63, 3.8) is 0 Å². The van der Waals surface area contributed by atoms with Crippen molar-refractivity contribution in [1.29, 1.82) is 0 Å². The zero-order valence-corrected chi connectivity index (χ0v) is 25.4. The Morgan fingerprint density at radius 1 is 0.821 bits per heavy atom. The topological polar surface area (TPSA) is 105 Å². The number of nitrogens with zero attached hydrogens (tertiary/aromatic N) is 1. The number of amides is 3. The van der Waals surface area contributed by atoms with Crippen LogP contribution in [0.3, 0.4) is 0 Å². The second-order valence-corrected chi connectivity index (χ2v) is 11.0. The summed E-state index contributed by atoms with van der Waals surface area (Å²) in [6.45, 7) is 15.5. The largest absolute Gasteiger partial charge is 0.464 e. The highest BCUT2D eigenvalue weighted by molar-refractivity contribution is 5.91. The fourth-order valence-electron chi connectivity index (χ4n) is 4.59. The van der Waals surface area contributed by atoms with Crippen molar-refractivity contribution in [2.24, 2.45) is 17.8 Å². The Kier molecular flexibility index (Phi) is 19.8. The van der Waals surface area contributed by atoms with Gasteiger partial charge in [0.25, 0.3) is 0 Å². The fourth-order valence-corrected chi connectivity index (χ4v) is 4.59. The number of hydrogen-bond donors (Lipinski definition) is 2. The van der Waals surface area contributed by atoms with E-state index in [0.29, 0.717) is 19.3 Å². The predicted molar refractivity (Wildman–Crippen MR) is 158 cm³/mol. The van der Waals surface area contributed by atoms with Crippen molar-refractivity contribution in [2.75, 3.05) is 20.7 Å². The van der Waals surface area contributed by atoms with E-state index in [1.807, 2.05) is 19.9 Å². The van der Waals surface area contributed by atoms with Crippen LogP contribution in [-0.4, -0.2) is 61.4 Å². The van der Waals surface area contributed by atoms with Crippen LogP contribution in [0.1, 0.15) is 98.3 Å². The molecule has 0 rings (SSSR count). The molecule has 0 radical (unpaired) electrons. The van der Waals surface area contributed by atoms with Crippen LogP contribution in [-0.2, 0) is 23.9 Å². The maximum absolute atomic E-state index is 13.5. The van der Waals surface area contributed by atoms with Crippen LogP contribution in [0.5, 0.6) is 0 Å². The summed E-state index contributed by atoms with van der Waals surface area (Å²) in [4.78, 5) is 53.8. The first-order valence-corrected chi connectivity index (χ1v) is 14.7. The first-order chi connectivity index (χ1) is 18.5. The van der Waals surface area contributed by atoms with Crippen molar-refractivity contribution >= 4 is 23.7 Å². The molecule has 0 aromatic heterocycles. The quantitative estimate of drug-likeness (QED) is 0.110. The van der Waals surface area contributed by atoms with Crippen LogP contribution in [0.4, 0.5) is 0 Å². The minimum absolute atomic E-state index is 0.0790. The van der Waals surface area contributed by atoms with Gasteiger partial charge in [0, 0.05) is 25.9 Å². The minimum atomic E-state index is -1.02. The third kappa shape index (κ3) is 15.5. The molecule has 0 saturated heterocycles. The molecule has 0 aliphatic carbocycles. The van der Waals surface area contributed by atoms with Gasteiger partial charge >= 0.3 is 5.97 Å². The van der Waals surface area contributed by atoms with Gasteiger partial charge in [-0.15, -0.1) is 13.2 Å². The van der Waals surface area contributed by atoms with E-state index in [0.717, 1.165) is 38.5 Å². The summed E-state index contributed by atoms with van der Waals surface area (Å²) in [6, 6.07) is -1.82. The third-order valence-electron chi connectivity index (χ3n) is 6.74. The lowest BCUT2D eigenvalue weighted by atomic mass is 9.93. The highest BCUT2D eigenvalue weighted by atomic mass is 16.5. The molecular weight excluding hydrogens is 494 g/mol. The van der Waals surface area contributed by atoms with Gasteiger partial charge in [0.2, 0.25) is 17.7 Å². The highest BCUT2D eigenvalue weighted by Gasteiger charge is 2.33. The molecule has 0 aromatic rings. The molecule has 3 amide bonds. The van der Waals surface area contributed by atoms with Crippen molar-refractivity contribution < 1.29 is 23.9 Å². The van der Waals surface area contributed by atoms with E-state index in [9.17, 15) is 19.2 Å². The standard InChI is InChI=1S/C31H55N3O5/c1-9-13-15-16-17-20-24(19-14-10-2)28(35)32-26(21-23(5)6)29(36)33-27(31(38)39-12-4)22-25(18-11-3)30(37)34(7)8/h10-11,23-27H,2-3,9,12-22H2,1,4-8H3,(H,32,35)(H,33,36)/t24?,25?,26-,27-/m0/s1. The normalized spacial score (nSPS) is 14.0. The maximum atomic E-state index is 13.5. The van der Waals surface area contributed by atoms with Crippen LogP contribution in [0, 0.1) is 17.8 Å². The summed E-state index contributed by atoms with van der Waals surface area (Å²) in [5.74, 6) is -1.97. The Balaban J connectivity index is 5.71. The first-order valence-electron chi connectivity index (χ1n) is 14.7. The smallest absolute Gasteiger partial charge is 0.328 e. The molecule has 0 fully saturated rings. The van der Waals surface area contributed by atoms with Crippen LogP contribution < -0.4 is 10.6 Å². The SMILES string of the molecule is C=CCCC(CCCCCCC)C(=O)N[C@@H](CC(C)C)C(=O)N[C@@H](CC(CC=C)C(=O)N(C)C)C(=O)OCC. The number of rotatable bonds is 22. The molecule has 0 spiro atoms. The molecule has 0 aliphatic heterocycles. The van der Waals surface area contributed by atoms with E-state index < -0.39 is 29.9 Å². The number of nitrogens with one attached hydrogen (secondary N) is 2. The van der Waals surface area contributed by atoms with Crippen molar-refractivity contribution in [1.82, 2.24) is 15.5 Å². The lowest BCUT2D eigenvalue weighted by molar-refractivity contribution is -0.148. The molecule has 8 nitrogen and oxygen atoms in total. The molecular formula is C31H55N3O5. The van der Waals surface area contributed by atoms with Gasteiger partial charge in [-0.25, -0.2) is 4.79 Å². The van der Waals surface area contributed by atoms with Crippen molar-refractivity contribution in [3.8, 4) is 0 Å². The fraction of sp³-hybridized carbons (Fsp3) is 0.742. The van der Waals surface area contributed by atoms with Gasteiger partial charge in [-0.2, -0.15) is 0 Å². The summed E-state index contributed by atoms with van der Waals surface area (Å²) in [6.07, 6.45) is 12.0. The van der Waals surface area contributed by atoms with Crippen LogP contribution in [0.2, 0.25) is 0 Å². The molecule has 0 bridgehead atoms. The second-order valence-electron chi connectivity index (χ2n) is 11.0. The Hall–Kier alpha value is -2.64.